The molecule has 11 heavy (non-hydrogen) atoms. The number of rotatable bonds is 4. The third kappa shape index (κ3) is 1.67. The molecule has 0 amide bonds. The first kappa shape index (κ1) is 8.44. The van der Waals surface area contributed by atoms with Crippen molar-refractivity contribution in [3.05, 3.63) is 0 Å². The van der Waals surface area contributed by atoms with Gasteiger partial charge < -0.3 is 4.79 Å². The van der Waals surface area contributed by atoms with E-state index in [1.807, 2.05) is 6.92 Å². The Morgan fingerprint density at radius 3 is 2.55 bits per heavy atom. The summed E-state index contributed by atoms with van der Waals surface area (Å²) in [7, 11) is 0. The number of carbonyl (C=O) groups is 2. The third-order valence-electron chi connectivity index (χ3n) is 2.48. The Balaban J connectivity index is 2.43. The Labute approximate surface area is 67.0 Å². The first-order chi connectivity index (χ1) is 5.29. The quantitative estimate of drug-likeness (QED) is 0.455. The average molecular weight is 154 g/mol. The Bertz CT molecular complexity index is 159. The molecule has 62 valence electrons. The smallest absolute Gasteiger partial charge is 0.146 e. The Morgan fingerprint density at radius 1 is 1.64 bits per heavy atom. The molecule has 1 atom stereocenters. The molecule has 2 nitrogen and oxygen atoms in total. The van der Waals surface area contributed by atoms with Crippen LogP contribution in [0.5, 0.6) is 0 Å². The fourth-order valence-corrected chi connectivity index (χ4v) is 1.36. The first-order valence-electron chi connectivity index (χ1n) is 4.28. The number of hydrogen-bond donors (Lipinski definition) is 0. The van der Waals surface area contributed by atoms with E-state index in [2.05, 4.69) is 0 Å². The van der Waals surface area contributed by atoms with Crippen molar-refractivity contribution in [3.8, 4) is 0 Å². The molecule has 1 unspecified atom stereocenters. The van der Waals surface area contributed by atoms with Gasteiger partial charge in [0, 0.05) is 5.92 Å². The second kappa shape index (κ2) is 3.65. The molecule has 0 spiro atoms. The molecule has 0 heterocycles. The predicted octanol–water partition coefficient (Wildman–Crippen LogP) is 1.58. The lowest BCUT2D eigenvalue weighted by Gasteiger charge is -2.25. The van der Waals surface area contributed by atoms with E-state index in [0.717, 1.165) is 25.5 Å². The van der Waals surface area contributed by atoms with E-state index in [9.17, 15) is 9.59 Å². The topological polar surface area (TPSA) is 34.1 Å². The van der Waals surface area contributed by atoms with Gasteiger partial charge in [0.25, 0.3) is 0 Å². The fraction of sp³-hybridized carbons (Fsp3) is 0.778. The molecule has 2 heteroatoms. The molecule has 1 rings (SSSR count). The molecule has 1 saturated carbocycles. The van der Waals surface area contributed by atoms with Crippen LogP contribution >= 0.6 is 0 Å². The van der Waals surface area contributed by atoms with Crippen LogP contribution in [0, 0.1) is 11.8 Å². The molecule has 1 aliphatic carbocycles. The summed E-state index contributed by atoms with van der Waals surface area (Å²) in [6.07, 6.45) is 4.62. The highest BCUT2D eigenvalue weighted by molar-refractivity contribution is 5.95. The van der Waals surface area contributed by atoms with E-state index in [1.54, 1.807) is 0 Å². The lowest BCUT2D eigenvalue weighted by atomic mass is 9.77. The summed E-state index contributed by atoms with van der Waals surface area (Å²) in [4.78, 5) is 21.8. The van der Waals surface area contributed by atoms with Gasteiger partial charge in [-0.25, -0.2) is 0 Å². The number of ketones is 1. The van der Waals surface area contributed by atoms with Gasteiger partial charge in [0.15, 0.2) is 0 Å². The van der Waals surface area contributed by atoms with Gasteiger partial charge in [-0.05, 0) is 19.3 Å². The van der Waals surface area contributed by atoms with E-state index < -0.39 is 0 Å². The van der Waals surface area contributed by atoms with Crippen molar-refractivity contribution in [3.63, 3.8) is 0 Å². The van der Waals surface area contributed by atoms with Gasteiger partial charge in [-0.15, -0.1) is 0 Å². The summed E-state index contributed by atoms with van der Waals surface area (Å²) in [6, 6.07) is 0. The highest BCUT2D eigenvalue weighted by atomic mass is 16.1. The summed E-state index contributed by atoms with van der Waals surface area (Å²) >= 11 is 0. The molecule has 1 fully saturated rings. The summed E-state index contributed by atoms with van der Waals surface area (Å²) in [6.45, 7) is 1.88. The summed E-state index contributed by atoms with van der Waals surface area (Å²) < 4.78 is 0. The standard InChI is InChI=1S/C9H14O2/c1-2-7(6-10)9(11)8-4-3-5-8/h6-8H,2-5H2,1H3. The summed E-state index contributed by atoms with van der Waals surface area (Å²) in [5.74, 6) is 0.0687. The van der Waals surface area contributed by atoms with Gasteiger partial charge in [-0.2, -0.15) is 0 Å². The zero-order valence-electron chi connectivity index (χ0n) is 6.88. The molecule has 0 aromatic rings. The van der Waals surface area contributed by atoms with Gasteiger partial charge >= 0.3 is 0 Å². The van der Waals surface area contributed by atoms with Crippen LogP contribution in [-0.4, -0.2) is 12.1 Å². The number of Topliss-reactive ketones (excluding diaryl/α,β-unsaturated/α-hetero) is 1. The third-order valence-corrected chi connectivity index (χ3v) is 2.48. The SMILES string of the molecule is CCC(C=O)C(=O)C1CCC1. The van der Waals surface area contributed by atoms with Crippen molar-refractivity contribution < 1.29 is 9.59 Å². The molecule has 0 radical (unpaired) electrons. The van der Waals surface area contributed by atoms with Gasteiger partial charge in [0.05, 0.1) is 5.92 Å². The number of hydrogen-bond acceptors (Lipinski definition) is 2. The number of carbonyl (C=O) groups excluding carboxylic acids is 2. The first-order valence-corrected chi connectivity index (χ1v) is 4.28. The van der Waals surface area contributed by atoms with Gasteiger partial charge in [0.2, 0.25) is 0 Å². The molecule has 0 bridgehead atoms. The Hall–Kier alpha value is -0.660. The molecule has 0 saturated heterocycles. The van der Waals surface area contributed by atoms with Crippen LogP contribution in [-0.2, 0) is 9.59 Å². The zero-order chi connectivity index (χ0) is 8.27. The maximum atomic E-state index is 11.4. The second-order valence-corrected chi connectivity index (χ2v) is 3.18. The average Bonchev–Trinajstić information content (AvgIpc) is 1.86. The second-order valence-electron chi connectivity index (χ2n) is 3.18. The highest BCUT2D eigenvalue weighted by Crippen LogP contribution is 2.29. The van der Waals surface area contributed by atoms with E-state index in [4.69, 9.17) is 0 Å². The van der Waals surface area contributed by atoms with Crippen LogP contribution in [0.2, 0.25) is 0 Å². The van der Waals surface area contributed by atoms with Gasteiger partial charge in [-0.1, -0.05) is 13.3 Å². The van der Waals surface area contributed by atoms with E-state index in [1.165, 1.54) is 0 Å². The van der Waals surface area contributed by atoms with E-state index in [-0.39, 0.29) is 17.6 Å². The Morgan fingerprint density at radius 2 is 2.27 bits per heavy atom. The molecular formula is C9H14O2. The minimum atomic E-state index is -0.319. The zero-order valence-corrected chi connectivity index (χ0v) is 6.88. The van der Waals surface area contributed by atoms with E-state index in [0.29, 0.717) is 6.42 Å². The van der Waals surface area contributed by atoms with E-state index >= 15 is 0 Å². The summed E-state index contributed by atoms with van der Waals surface area (Å²) in [5.41, 5.74) is 0. The minimum absolute atomic E-state index is 0.175. The van der Waals surface area contributed by atoms with Crippen LogP contribution in [0.15, 0.2) is 0 Å². The van der Waals surface area contributed by atoms with Crippen LogP contribution in [0.3, 0.4) is 0 Å². The number of aldehydes is 1. The maximum Gasteiger partial charge on any atom is 0.146 e. The van der Waals surface area contributed by atoms with Crippen molar-refractivity contribution in [2.75, 3.05) is 0 Å². The Kier molecular flexibility index (Phi) is 2.80. The van der Waals surface area contributed by atoms with Crippen LogP contribution in [0.1, 0.15) is 32.6 Å². The van der Waals surface area contributed by atoms with Crippen molar-refractivity contribution >= 4 is 12.1 Å². The molecule has 0 aliphatic heterocycles. The lowest BCUT2D eigenvalue weighted by Crippen LogP contribution is -2.29. The molecular weight excluding hydrogens is 140 g/mol. The predicted molar refractivity (Wildman–Crippen MR) is 42.2 cm³/mol. The van der Waals surface area contributed by atoms with Gasteiger partial charge in [-0.3, -0.25) is 4.79 Å². The molecule has 1 aliphatic rings. The molecule has 0 N–H and O–H groups in total. The molecule has 0 aromatic heterocycles. The monoisotopic (exact) mass is 154 g/mol. The minimum Gasteiger partial charge on any atom is -0.303 e. The van der Waals surface area contributed by atoms with Gasteiger partial charge in [0.1, 0.15) is 12.1 Å². The van der Waals surface area contributed by atoms with Crippen molar-refractivity contribution in [1.82, 2.24) is 0 Å². The fourth-order valence-electron chi connectivity index (χ4n) is 1.36. The largest absolute Gasteiger partial charge is 0.303 e. The van der Waals surface area contributed by atoms with Crippen molar-refractivity contribution in [1.29, 1.82) is 0 Å². The normalized spacial score (nSPS) is 20.5. The molecule has 0 aromatic carbocycles. The summed E-state index contributed by atoms with van der Waals surface area (Å²) in [5, 5.41) is 0. The van der Waals surface area contributed by atoms with Crippen LogP contribution in [0.25, 0.3) is 0 Å². The highest BCUT2D eigenvalue weighted by Gasteiger charge is 2.29. The lowest BCUT2D eigenvalue weighted by molar-refractivity contribution is -0.132. The van der Waals surface area contributed by atoms with Crippen LogP contribution in [0.4, 0.5) is 0 Å². The maximum absolute atomic E-state index is 11.4. The van der Waals surface area contributed by atoms with Crippen LogP contribution < -0.4 is 0 Å². The van der Waals surface area contributed by atoms with Crippen molar-refractivity contribution in [2.24, 2.45) is 11.8 Å². The van der Waals surface area contributed by atoms with Crippen molar-refractivity contribution in [2.45, 2.75) is 32.6 Å².